The van der Waals surface area contributed by atoms with Crippen LogP contribution in [0.3, 0.4) is 0 Å². The SMILES string of the molecule is CNC(=O)C(CC1CCOCC1)c1ccc(SC)c(Cl)c1.CO. The third-order valence-electron chi connectivity index (χ3n) is 4.05. The minimum absolute atomic E-state index is 0.0643. The Morgan fingerprint density at radius 2 is 2.09 bits per heavy atom. The second-order valence-electron chi connectivity index (χ2n) is 5.35. The Kier molecular flexibility index (Phi) is 9.63. The van der Waals surface area contributed by atoms with Gasteiger partial charge in [-0.1, -0.05) is 17.7 Å². The van der Waals surface area contributed by atoms with E-state index in [0.29, 0.717) is 5.92 Å². The Bertz CT molecular complexity index is 493. The zero-order chi connectivity index (χ0) is 17.2. The molecule has 2 N–H and O–H groups in total. The lowest BCUT2D eigenvalue weighted by Crippen LogP contribution is -2.29. The molecule has 1 aliphatic rings. The van der Waals surface area contributed by atoms with E-state index in [2.05, 4.69) is 5.32 Å². The lowest BCUT2D eigenvalue weighted by molar-refractivity contribution is -0.122. The number of ether oxygens (including phenoxy) is 1. The van der Waals surface area contributed by atoms with Gasteiger partial charge in [0.05, 0.1) is 10.9 Å². The minimum Gasteiger partial charge on any atom is -0.400 e. The number of halogens is 1. The zero-order valence-corrected chi connectivity index (χ0v) is 15.5. The molecule has 0 aromatic heterocycles. The van der Waals surface area contributed by atoms with Crippen LogP contribution < -0.4 is 5.32 Å². The normalized spacial score (nSPS) is 16.2. The summed E-state index contributed by atoms with van der Waals surface area (Å²) in [4.78, 5) is 13.3. The van der Waals surface area contributed by atoms with Crippen molar-refractivity contribution in [1.82, 2.24) is 5.32 Å². The van der Waals surface area contributed by atoms with Crippen LogP contribution in [0.2, 0.25) is 5.02 Å². The maximum absolute atomic E-state index is 12.3. The molecule has 1 aliphatic heterocycles. The Morgan fingerprint density at radius 1 is 1.43 bits per heavy atom. The molecule has 1 aromatic carbocycles. The van der Waals surface area contributed by atoms with Crippen molar-refractivity contribution in [2.75, 3.05) is 33.6 Å². The summed E-state index contributed by atoms with van der Waals surface area (Å²) < 4.78 is 5.40. The first-order chi connectivity index (χ1) is 11.2. The molecule has 2 rings (SSSR count). The summed E-state index contributed by atoms with van der Waals surface area (Å²) in [6, 6.07) is 5.96. The van der Waals surface area contributed by atoms with Gasteiger partial charge in [0.2, 0.25) is 5.91 Å². The first-order valence-electron chi connectivity index (χ1n) is 7.73. The van der Waals surface area contributed by atoms with Gasteiger partial charge in [-0.2, -0.15) is 0 Å². The van der Waals surface area contributed by atoms with Gasteiger partial charge in [0.25, 0.3) is 0 Å². The van der Waals surface area contributed by atoms with Crippen molar-refractivity contribution in [2.45, 2.75) is 30.1 Å². The van der Waals surface area contributed by atoms with Crippen molar-refractivity contribution in [2.24, 2.45) is 5.92 Å². The van der Waals surface area contributed by atoms with Crippen LogP contribution in [-0.4, -0.2) is 44.6 Å². The quantitative estimate of drug-likeness (QED) is 0.792. The van der Waals surface area contributed by atoms with E-state index < -0.39 is 0 Å². The summed E-state index contributed by atoms with van der Waals surface area (Å²) in [7, 11) is 2.69. The maximum Gasteiger partial charge on any atom is 0.227 e. The van der Waals surface area contributed by atoms with Crippen molar-refractivity contribution < 1.29 is 14.6 Å². The van der Waals surface area contributed by atoms with Gasteiger partial charge in [-0.05, 0) is 49.1 Å². The Balaban J connectivity index is 0.00000127. The van der Waals surface area contributed by atoms with E-state index in [4.69, 9.17) is 21.4 Å². The van der Waals surface area contributed by atoms with E-state index in [9.17, 15) is 4.79 Å². The van der Waals surface area contributed by atoms with Gasteiger partial charge in [0.1, 0.15) is 0 Å². The number of rotatable bonds is 5. The molecule has 1 aromatic rings. The molecule has 0 spiro atoms. The van der Waals surface area contributed by atoms with Gasteiger partial charge in [0.15, 0.2) is 0 Å². The number of aliphatic hydroxyl groups is 1. The van der Waals surface area contributed by atoms with Crippen LogP contribution in [0.15, 0.2) is 23.1 Å². The fraction of sp³-hybridized carbons (Fsp3) is 0.588. The molecule has 1 amide bonds. The molecule has 1 heterocycles. The summed E-state index contributed by atoms with van der Waals surface area (Å²) in [5.41, 5.74) is 1.00. The van der Waals surface area contributed by atoms with Crippen molar-refractivity contribution in [3.05, 3.63) is 28.8 Å². The molecule has 0 aliphatic carbocycles. The molecule has 0 radical (unpaired) electrons. The number of benzene rings is 1. The Morgan fingerprint density at radius 3 is 2.61 bits per heavy atom. The smallest absolute Gasteiger partial charge is 0.227 e. The van der Waals surface area contributed by atoms with Crippen molar-refractivity contribution in [3.63, 3.8) is 0 Å². The molecule has 1 fully saturated rings. The van der Waals surface area contributed by atoms with Gasteiger partial charge >= 0.3 is 0 Å². The molecule has 6 heteroatoms. The fourth-order valence-electron chi connectivity index (χ4n) is 2.78. The topological polar surface area (TPSA) is 58.6 Å². The molecular formula is C17H26ClNO3S. The van der Waals surface area contributed by atoms with Gasteiger partial charge in [-0.15, -0.1) is 11.8 Å². The number of amides is 1. The summed E-state index contributed by atoms with van der Waals surface area (Å²) in [5.74, 6) is 0.473. The van der Waals surface area contributed by atoms with Gasteiger partial charge < -0.3 is 15.2 Å². The predicted molar refractivity (Wildman–Crippen MR) is 96.3 cm³/mol. The van der Waals surface area contributed by atoms with Crippen molar-refractivity contribution in [3.8, 4) is 0 Å². The van der Waals surface area contributed by atoms with Crippen LogP contribution >= 0.6 is 23.4 Å². The number of thioether (sulfide) groups is 1. The molecule has 0 saturated carbocycles. The summed E-state index contributed by atoms with van der Waals surface area (Å²) in [5, 5.41) is 10.5. The maximum atomic E-state index is 12.3. The monoisotopic (exact) mass is 359 g/mol. The highest BCUT2D eigenvalue weighted by atomic mass is 35.5. The number of hydrogen-bond acceptors (Lipinski definition) is 4. The fourth-order valence-corrected chi connectivity index (χ4v) is 3.66. The zero-order valence-electron chi connectivity index (χ0n) is 14.0. The first-order valence-corrected chi connectivity index (χ1v) is 9.33. The molecule has 1 atom stereocenters. The molecule has 4 nitrogen and oxygen atoms in total. The van der Waals surface area contributed by atoms with Crippen LogP contribution in [0.1, 0.15) is 30.7 Å². The Labute approximate surface area is 147 Å². The van der Waals surface area contributed by atoms with Crippen molar-refractivity contribution >= 4 is 29.3 Å². The second kappa shape index (κ2) is 10.9. The number of aliphatic hydroxyl groups excluding tert-OH is 1. The van der Waals surface area contributed by atoms with Crippen LogP contribution in [0.25, 0.3) is 0 Å². The van der Waals surface area contributed by atoms with E-state index >= 15 is 0 Å². The van der Waals surface area contributed by atoms with Gasteiger partial charge in [-0.3, -0.25) is 4.79 Å². The number of carbonyl (C=O) groups is 1. The molecule has 23 heavy (non-hydrogen) atoms. The summed E-state index contributed by atoms with van der Waals surface area (Å²) in [6.45, 7) is 1.61. The predicted octanol–water partition coefficient (Wildman–Crippen LogP) is 3.32. The van der Waals surface area contributed by atoms with Gasteiger partial charge in [-0.25, -0.2) is 0 Å². The molecule has 0 bridgehead atoms. The standard InChI is InChI=1S/C16H22ClNO2S.CH4O/c1-18-16(19)13(9-11-5-7-20-8-6-11)12-3-4-15(21-2)14(17)10-12;1-2/h3-4,10-11,13H,5-9H2,1-2H3,(H,18,19);2H,1H3. The van der Waals surface area contributed by atoms with Crippen LogP contribution in [0, 0.1) is 5.92 Å². The number of likely N-dealkylation sites (N-methyl/N-ethyl adjacent to an activating group) is 1. The number of carbonyl (C=O) groups excluding carboxylic acids is 1. The van der Waals surface area contributed by atoms with E-state index in [1.165, 1.54) is 0 Å². The minimum atomic E-state index is -0.133. The van der Waals surface area contributed by atoms with E-state index in [-0.39, 0.29) is 11.8 Å². The third kappa shape index (κ3) is 5.99. The van der Waals surface area contributed by atoms with E-state index in [1.54, 1.807) is 18.8 Å². The van der Waals surface area contributed by atoms with Gasteiger partial charge in [0, 0.05) is 32.3 Å². The van der Waals surface area contributed by atoms with Crippen molar-refractivity contribution in [1.29, 1.82) is 0 Å². The largest absolute Gasteiger partial charge is 0.400 e. The lowest BCUT2D eigenvalue weighted by atomic mass is 9.84. The van der Waals surface area contributed by atoms with Crippen LogP contribution in [-0.2, 0) is 9.53 Å². The highest BCUT2D eigenvalue weighted by Gasteiger charge is 2.25. The third-order valence-corrected chi connectivity index (χ3v) is 5.27. The van der Waals surface area contributed by atoms with Crippen LogP contribution in [0.5, 0.6) is 0 Å². The molecule has 1 saturated heterocycles. The highest BCUT2D eigenvalue weighted by Crippen LogP contribution is 2.33. The number of nitrogens with one attached hydrogen (secondary N) is 1. The van der Waals surface area contributed by atoms with E-state index in [0.717, 1.165) is 55.1 Å². The van der Waals surface area contributed by atoms with E-state index in [1.807, 2.05) is 24.5 Å². The molecular weight excluding hydrogens is 334 g/mol. The summed E-state index contributed by atoms with van der Waals surface area (Å²) in [6.07, 6.45) is 4.92. The lowest BCUT2D eigenvalue weighted by Gasteiger charge is -2.26. The summed E-state index contributed by atoms with van der Waals surface area (Å²) >= 11 is 7.91. The second-order valence-corrected chi connectivity index (χ2v) is 6.61. The average Bonchev–Trinajstić information content (AvgIpc) is 2.61. The molecule has 1 unspecified atom stereocenters. The van der Waals surface area contributed by atoms with Crippen LogP contribution in [0.4, 0.5) is 0 Å². The Hall–Kier alpha value is -0.750. The molecule has 130 valence electrons. The highest BCUT2D eigenvalue weighted by molar-refractivity contribution is 7.98. The number of hydrogen-bond donors (Lipinski definition) is 2. The average molecular weight is 360 g/mol. The first kappa shape index (κ1) is 20.3.